The highest BCUT2D eigenvalue weighted by Crippen LogP contribution is 2.44. The van der Waals surface area contributed by atoms with Gasteiger partial charge in [0.15, 0.2) is 0 Å². The molecule has 5 heteroatoms. The zero-order valence-corrected chi connectivity index (χ0v) is 10.4. The van der Waals surface area contributed by atoms with Gasteiger partial charge in [-0.15, -0.1) is 0 Å². The predicted octanol–water partition coefficient (Wildman–Crippen LogP) is 0.147. The molecule has 0 aromatic carbocycles. The number of hydrogen-bond donors (Lipinski definition) is 2. The molecule has 0 saturated carbocycles. The van der Waals surface area contributed by atoms with E-state index in [0.29, 0.717) is 25.6 Å². The smallest absolute Gasteiger partial charge is 0.320 e. The van der Waals surface area contributed by atoms with Gasteiger partial charge in [0, 0.05) is 5.41 Å². The molecule has 98 valence electrons. The first-order valence-electron chi connectivity index (χ1n) is 6.28. The minimum Gasteiger partial charge on any atom is -0.480 e. The maximum absolute atomic E-state index is 10.9. The molecule has 3 N–H and O–H groups in total. The SMILES string of the molecule is CN1CCC(C2(CC(N)C(=O)O)COC2)CC1. The molecule has 0 aromatic rings. The number of carboxylic acid groups (broad SMARTS) is 1. The maximum Gasteiger partial charge on any atom is 0.320 e. The van der Waals surface area contributed by atoms with Crippen molar-refractivity contribution >= 4 is 5.97 Å². The van der Waals surface area contributed by atoms with Gasteiger partial charge >= 0.3 is 5.97 Å². The van der Waals surface area contributed by atoms with Crippen molar-refractivity contribution in [2.24, 2.45) is 17.1 Å². The van der Waals surface area contributed by atoms with Gasteiger partial charge in [-0.2, -0.15) is 0 Å². The van der Waals surface area contributed by atoms with Crippen LogP contribution in [-0.2, 0) is 9.53 Å². The lowest BCUT2D eigenvalue weighted by molar-refractivity contribution is -0.167. The van der Waals surface area contributed by atoms with E-state index in [2.05, 4.69) is 11.9 Å². The van der Waals surface area contributed by atoms with Crippen LogP contribution in [0.1, 0.15) is 19.3 Å². The summed E-state index contributed by atoms with van der Waals surface area (Å²) in [6, 6.07) is -0.751. The van der Waals surface area contributed by atoms with Crippen molar-refractivity contribution in [1.29, 1.82) is 0 Å². The van der Waals surface area contributed by atoms with Crippen molar-refractivity contribution in [1.82, 2.24) is 4.90 Å². The normalized spacial score (nSPS) is 27.4. The van der Waals surface area contributed by atoms with Crippen LogP contribution in [0.4, 0.5) is 0 Å². The van der Waals surface area contributed by atoms with Crippen molar-refractivity contribution < 1.29 is 14.6 Å². The van der Waals surface area contributed by atoms with Crippen LogP contribution >= 0.6 is 0 Å². The van der Waals surface area contributed by atoms with Gasteiger partial charge in [-0.1, -0.05) is 0 Å². The Hall–Kier alpha value is -0.650. The fraction of sp³-hybridized carbons (Fsp3) is 0.917. The summed E-state index contributed by atoms with van der Waals surface area (Å²) in [4.78, 5) is 13.2. The van der Waals surface area contributed by atoms with Gasteiger partial charge < -0.3 is 20.5 Å². The van der Waals surface area contributed by atoms with Gasteiger partial charge in [-0.25, -0.2) is 0 Å². The molecule has 0 spiro atoms. The molecular formula is C12H22N2O3. The Kier molecular flexibility index (Phi) is 3.70. The maximum atomic E-state index is 10.9. The van der Waals surface area contributed by atoms with E-state index in [1.165, 1.54) is 0 Å². The van der Waals surface area contributed by atoms with E-state index in [1.807, 2.05) is 0 Å². The topological polar surface area (TPSA) is 75.8 Å². The summed E-state index contributed by atoms with van der Waals surface area (Å²) in [7, 11) is 2.13. The molecule has 0 aromatic heterocycles. The average molecular weight is 242 g/mol. The fourth-order valence-electron chi connectivity index (χ4n) is 3.03. The van der Waals surface area contributed by atoms with Crippen LogP contribution in [0.15, 0.2) is 0 Å². The Balaban J connectivity index is 1.97. The summed E-state index contributed by atoms with van der Waals surface area (Å²) in [6.07, 6.45) is 2.81. The summed E-state index contributed by atoms with van der Waals surface area (Å²) in [5.41, 5.74) is 5.71. The Morgan fingerprint density at radius 3 is 2.53 bits per heavy atom. The van der Waals surface area contributed by atoms with Crippen molar-refractivity contribution in [3.8, 4) is 0 Å². The highest BCUT2D eigenvalue weighted by molar-refractivity contribution is 5.73. The number of aliphatic carboxylic acids is 1. The van der Waals surface area contributed by atoms with E-state index in [4.69, 9.17) is 15.6 Å². The number of hydrogen-bond acceptors (Lipinski definition) is 4. The Morgan fingerprint density at radius 2 is 2.12 bits per heavy atom. The third-order valence-corrected chi connectivity index (χ3v) is 4.31. The minimum absolute atomic E-state index is 0.0269. The number of nitrogens with two attached hydrogens (primary N) is 1. The summed E-state index contributed by atoms with van der Waals surface area (Å²) in [5.74, 6) is -0.331. The molecule has 0 radical (unpaired) electrons. The Labute approximate surface area is 102 Å². The molecule has 2 saturated heterocycles. The van der Waals surface area contributed by atoms with Gasteiger partial charge in [0.1, 0.15) is 6.04 Å². The van der Waals surface area contributed by atoms with Gasteiger partial charge in [-0.3, -0.25) is 4.79 Å². The van der Waals surface area contributed by atoms with Gasteiger partial charge in [0.2, 0.25) is 0 Å². The van der Waals surface area contributed by atoms with Crippen molar-refractivity contribution in [3.05, 3.63) is 0 Å². The zero-order chi connectivity index (χ0) is 12.5. The Bertz CT molecular complexity index is 283. The number of carboxylic acids is 1. The third kappa shape index (κ3) is 2.61. The van der Waals surface area contributed by atoms with Crippen LogP contribution in [0, 0.1) is 11.3 Å². The fourth-order valence-corrected chi connectivity index (χ4v) is 3.03. The third-order valence-electron chi connectivity index (χ3n) is 4.31. The molecule has 0 amide bonds. The largest absolute Gasteiger partial charge is 0.480 e. The van der Waals surface area contributed by atoms with E-state index in [0.717, 1.165) is 25.9 Å². The molecule has 2 aliphatic rings. The summed E-state index contributed by atoms with van der Waals surface area (Å²) >= 11 is 0. The van der Waals surface area contributed by atoms with Crippen molar-refractivity contribution in [3.63, 3.8) is 0 Å². The number of carbonyl (C=O) groups is 1. The molecule has 0 bridgehead atoms. The van der Waals surface area contributed by atoms with Crippen LogP contribution < -0.4 is 5.73 Å². The second-order valence-electron chi connectivity index (χ2n) is 5.58. The molecule has 5 nitrogen and oxygen atoms in total. The van der Waals surface area contributed by atoms with E-state index < -0.39 is 12.0 Å². The number of piperidine rings is 1. The van der Waals surface area contributed by atoms with E-state index in [1.54, 1.807) is 0 Å². The predicted molar refractivity (Wildman–Crippen MR) is 63.7 cm³/mol. The first-order chi connectivity index (χ1) is 8.03. The monoisotopic (exact) mass is 242 g/mol. The number of ether oxygens (including phenoxy) is 1. The highest BCUT2D eigenvalue weighted by atomic mass is 16.5. The van der Waals surface area contributed by atoms with E-state index >= 15 is 0 Å². The van der Waals surface area contributed by atoms with Gasteiger partial charge in [0.05, 0.1) is 13.2 Å². The van der Waals surface area contributed by atoms with Crippen LogP contribution in [0.5, 0.6) is 0 Å². The van der Waals surface area contributed by atoms with Crippen LogP contribution in [0.25, 0.3) is 0 Å². The Morgan fingerprint density at radius 1 is 1.53 bits per heavy atom. The first-order valence-corrected chi connectivity index (χ1v) is 6.28. The standard InChI is InChI=1S/C12H22N2O3/c1-14-4-2-9(3-5-14)12(7-17-8-12)6-10(13)11(15)16/h9-10H,2-8,13H2,1H3,(H,15,16). The minimum atomic E-state index is -0.899. The van der Waals surface area contributed by atoms with Crippen LogP contribution in [-0.4, -0.2) is 55.4 Å². The summed E-state index contributed by atoms with van der Waals surface area (Å²) < 4.78 is 5.34. The van der Waals surface area contributed by atoms with Gasteiger partial charge in [-0.05, 0) is 45.3 Å². The van der Waals surface area contributed by atoms with Crippen molar-refractivity contribution in [2.75, 3.05) is 33.4 Å². The zero-order valence-electron chi connectivity index (χ0n) is 10.4. The van der Waals surface area contributed by atoms with Crippen LogP contribution in [0.3, 0.4) is 0 Å². The number of nitrogens with zero attached hydrogens (tertiary/aromatic N) is 1. The second kappa shape index (κ2) is 4.92. The average Bonchev–Trinajstić information content (AvgIpc) is 2.24. The lowest BCUT2D eigenvalue weighted by Gasteiger charge is -2.50. The molecule has 2 fully saturated rings. The van der Waals surface area contributed by atoms with Crippen molar-refractivity contribution in [2.45, 2.75) is 25.3 Å². The lowest BCUT2D eigenvalue weighted by atomic mass is 9.66. The molecular weight excluding hydrogens is 220 g/mol. The molecule has 0 aliphatic carbocycles. The van der Waals surface area contributed by atoms with E-state index in [-0.39, 0.29) is 5.41 Å². The van der Waals surface area contributed by atoms with Gasteiger partial charge in [0.25, 0.3) is 0 Å². The second-order valence-corrected chi connectivity index (χ2v) is 5.58. The molecule has 2 rings (SSSR count). The molecule has 1 atom stereocenters. The van der Waals surface area contributed by atoms with E-state index in [9.17, 15) is 4.79 Å². The van der Waals surface area contributed by atoms with Crippen LogP contribution in [0.2, 0.25) is 0 Å². The molecule has 17 heavy (non-hydrogen) atoms. The molecule has 2 aliphatic heterocycles. The summed E-state index contributed by atoms with van der Waals surface area (Å²) in [5, 5.41) is 8.93. The summed E-state index contributed by atoms with van der Waals surface area (Å²) in [6.45, 7) is 3.55. The quantitative estimate of drug-likeness (QED) is 0.734. The number of rotatable bonds is 4. The lowest BCUT2D eigenvalue weighted by Crippen LogP contribution is -2.55. The number of likely N-dealkylation sites (tertiary alicyclic amines) is 1. The highest BCUT2D eigenvalue weighted by Gasteiger charge is 2.47. The molecule has 2 heterocycles. The first kappa shape index (κ1) is 12.8. The molecule has 1 unspecified atom stereocenters.